The first kappa shape index (κ1) is 13.4. The van der Waals surface area contributed by atoms with Crippen LogP contribution in [-0.4, -0.2) is 36.7 Å². The second-order valence-electron chi connectivity index (χ2n) is 4.74. The van der Waals surface area contributed by atoms with Gasteiger partial charge in [0.05, 0.1) is 13.1 Å². The van der Waals surface area contributed by atoms with Crippen molar-refractivity contribution < 1.29 is 17.2 Å². The van der Waals surface area contributed by atoms with Crippen molar-refractivity contribution in [1.82, 2.24) is 9.29 Å². The summed E-state index contributed by atoms with van der Waals surface area (Å²) in [5.41, 5.74) is 0.767. The van der Waals surface area contributed by atoms with Gasteiger partial charge in [-0.15, -0.1) is 0 Å². The van der Waals surface area contributed by atoms with Crippen LogP contribution in [-0.2, 0) is 10.0 Å². The zero-order chi connectivity index (χ0) is 13.6. The van der Waals surface area contributed by atoms with Crippen LogP contribution in [0.2, 0.25) is 0 Å². The largest absolute Gasteiger partial charge is 0.275 e. The summed E-state index contributed by atoms with van der Waals surface area (Å²) in [4.78, 5) is 3.83. The quantitative estimate of drug-likeness (QED) is 0.846. The molecule has 2 rings (SSSR count). The monoisotopic (exact) mass is 276 g/mol. The molecule has 4 nitrogen and oxygen atoms in total. The second-order valence-corrected chi connectivity index (χ2v) is 6.68. The topological polar surface area (TPSA) is 50.3 Å². The van der Waals surface area contributed by atoms with Crippen molar-refractivity contribution in [3.63, 3.8) is 0 Å². The van der Waals surface area contributed by atoms with E-state index in [1.807, 2.05) is 13.8 Å². The van der Waals surface area contributed by atoms with Gasteiger partial charge in [-0.1, -0.05) is 13.8 Å². The number of pyridine rings is 1. The number of hydrogen-bond acceptors (Lipinski definition) is 3. The van der Waals surface area contributed by atoms with E-state index < -0.39 is 29.0 Å². The van der Waals surface area contributed by atoms with E-state index in [0.717, 1.165) is 9.87 Å². The number of hydrogen-bond donors (Lipinski definition) is 0. The Balaban J connectivity index is 2.28. The zero-order valence-electron chi connectivity index (χ0n) is 10.1. The number of halogens is 2. The summed E-state index contributed by atoms with van der Waals surface area (Å²) < 4.78 is 50.3. The van der Waals surface area contributed by atoms with Gasteiger partial charge in [0.25, 0.3) is 5.92 Å². The lowest BCUT2D eigenvalue weighted by Gasteiger charge is -2.37. The van der Waals surface area contributed by atoms with Crippen LogP contribution in [0, 0.1) is 0 Å². The third kappa shape index (κ3) is 2.37. The van der Waals surface area contributed by atoms with Crippen LogP contribution >= 0.6 is 0 Å². The van der Waals surface area contributed by atoms with E-state index in [2.05, 4.69) is 4.98 Å². The van der Waals surface area contributed by atoms with Gasteiger partial charge >= 0.3 is 0 Å². The molecule has 0 spiro atoms. The first-order chi connectivity index (χ1) is 8.22. The van der Waals surface area contributed by atoms with E-state index in [-0.39, 0.29) is 10.8 Å². The molecule has 1 aliphatic rings. The number of aromatic nitrogens is 1. The van der Waals surface area contributed by atoms with Crippen LogP contribution in [0.1, 0.15) is 25.3 Å². The lowest BCUT2D eigenvalue weighted by Crippen LogP contribution is -2.58. The minimum Gasteiger partial charge on any atom is -0.263 e. The molecule has 100 valence electrons. The molecule has 18 heavy (non-hydrogen) atoms. The minimum absolute atomic E-state index is 0.0239. The van der Waals surface area contributed by atoms with Gasteiger partial charge in [-0.3, -0.25) is 4.98 Å². The van der Waals surface area contributed by atoms with Gasteiger partial charge < -0.3 is 0 Å². The number of nitrogens with zero attached hydrogens (tertiary/aromatic N) is 2. The van der Waals surface area contributed by atoms with Crippen LogP contribution in [0.4, 0.5) is 8.78 Å². The molecule has 1 fully saturated rings. The zero-order valence-corrected chi connectivity index (χ0v) is 10.9. The SMILES string of the molecule is CC(C)c1cncc(S(=O)(=O)N2CC(F)(F)C2)c1. The summed E-state index contributed by atoms with van der Waals surface area (Å²) in [7, 11) is -3.84. The number of rotatable bonds is 3. The fourth-order valence-electron chi connectivity index (χ4n) is 1.68. The Morgan fingerprint density at radius 3 is 2.44 bits per heavy atom. The Labute approximate surface area is 105 Å². The molecule has 1 saturated heterocycles. The highest BCUT2D eigenvalue weighted by atomic mass is 32.2. The first-order valence-corrected chi connectivity index (χ1v) is 6.99. The smallest absolute Gasteiger partial charge is 0.263 e. The third-order valence-corrected chi connectivity index (χ3v) is 4.61. The molecule has 1 aromatic rings. The molecule has 2 heterocycles. The molecule has 0 atom stereocenters. The molecule has 0 unspecified atom stereocenters. The van der Waals surface area contributed by atoms with Crippen LogP contribution < -0.4 is 0 Å². The number of sulfonamides is 1. The highest BCUT2D eigenvalue weighted by Crippen LogP contribution is 2.32. The molecule has 0 N–H and O–H groups in total. The summed E-state index contributed by atoms with van der Waals surface area (Å²) in [6.07, 6.45) is 2.77. The molecule has 7 heteroatoms. The van der Waals surface area contributed by atoms with Crippen LogP contribution in [0.25, 0.3) is 0 Å². The van der Waals surface area contributed by atoms with Crippen molar-refractivity contribution in [2.45, 2.75) is 30.6 Å². The van der Waals surface area contributed by atoms with Gasteiger partial charge in [0.15, 0.2) is 0 Å². The van der Waals surface area contributed by atoms with E-state index in [4.69, 9.17) is 0 Å². The second kappa shape index (κ2) is 4.24. The van der Waals surface area contributed by atoms with Crippen molar-refractivity contribution in [2.24, 2.45) is 0 Å². The van der Waals surface area contributed by atoms with Gasteiger partial charge in [0, 0.05) is 12.4 Å². The fourth-order valence-corrected chi connectivity index (χ4v) is 3.18. The molecule has 0 amide bonds. The summed E-state index contributed by atoms with van der Waals surface area (Å²) in [6, 6.07) is 1.49. The van der Waals surface area contributed by atoms with Crippen molar-refractivity contribution in [3.8, 4) is 0 Å². The molecule has 0 aliphatic carbocycles. The van der Waals surface area contributed by atoms with Crippen molar-refractivity contribution in [3.05, 3.63) is 24.0 Å². The normalized spacial score (nSPS) is 19.8. The maximum atomic E-state index is 12.7. The van der Waals surface area contributed by atoms with Gasteiger partial charge in [0.1, 0.15) is 4.90 Å². The highest BCUT2D eigenvalue weighted by Gasteiger charge is 2.49. The molecule has 0 saturated carbocycles. The maximum absolute atomic E-state index is 12.7. The molecule has 0 bridgehead atoms. The van der Waals surface area contributed by atoms with Gasteiger partial charge in [-0.2, -0.15) is 4.31 Å². The minimum atomic E-state index is -3.84. The van der Waals surface area contributed by atoms with Crippen molar-refractivity contribution >= 4 is 10.0 Å². The number of alkyl halides is 2. The van der Waals surface area contributed by atoms with E-state index in [9.17, 15) is 17.2 Å². The van der Waals surface area contributed by atoms with Crippen LogP contribution in [0.5, 0.6) is 0 Å². The van der Waals surface area contributed by atoms with Gasteiger partial charge in [-0.05, 0) is 17.5 Å². The Bertz CT molecular complexity index is 550. The lowest BCUT2D eigenvalue weighted by atomic mass is 10.1. The lowest BCUT2D eigenvalue weighted by molar-refractivity contribution is -0.0945. The Kier molecular flexibility index (Phi) is 3.14. The third-order valence-electron chi connectivity index (χ3n) is 2.85. The van der Waals surface area contributed by atoms with Crippen LogP contribution in [0.15, 0.2) is 23.4 Å². The summed E-state index contributed by atoms with van der Waals surface area (Å²) in [5, 5.41) is 0. The average molecular weight is 276 g/mol. The Morgan fingerprint density at radius 2 is 1.94 bits per heavy atom. The molecular formula is C11H14F2N2O2S. The van der Waals surface area contributed by atoms with E-state index in [1.54, 1.807) is 6.20 Å². The molecule has 0 aromatic carbocycles. The summed E-state index contributed by atoms with van der Waals surface area (Å²) >= 11 is 0. The summed E-state index contributed by atoms with van der Waals surface area (Å²) in [5.74, 6) is -2.78. The fraction of sp³-hybridized carbons (Fsp3) is 0.545. The predicted molar refractivity (Wildman–Crippen MR) is 62.0 cm³/mol. The standard InChI is InChI=1S/C11H14F2N2O2S/c1-8(2)9-3-10(5-14-4-9)18(16,17)15-6-11(12,13)7-15/h3-5,8H,6-7H2,1-2H3. The summed E-state index contributed by atoms with van der Waals surface area (Å²) in [6.45, 7) is 2.32. The molecule has 1 aliphatic heterocycles. The highest BCUT2D eigenvalue weighted by molar-refractivity contribution is 7.89. The molecule has 1 aromatic heterocycles. The molecular weight excluding hydrogens is 262 g/mol. The van der Waals surface area contributed by atoms with Gasteiger partial charge in [0.2, 0.25) is 10.0 Å². The maximum Gasteiger partial charge on any atom is 0.275 e. The first-order valence-electron chi connectivity index (χ1n) is 5.55. The Hall–Kier alpha value is -1.08. The van der Waals surface area contributed by atoms with E-state index in [0.29, 0.717) is 0 Å². The van der Waals surface area contributed by atoms with Crippen molar-refractivity contribution in [2.75, 3.05) is 13.1 Å². The Morgan fingerprint density at radius 1 is 1.33 bits per heavy atom. The molecule has 0 radical (unpaired) electrons. The van der Waals surface area contributed by atoms with E-state index >= 15 is 0 Å². The predicted octanol–water partition coefficient (Wildman–Crippen LogP) is 1.84. The average Bonchev–Trinajstić information content (AvgIpc) is 2.26. The van der Waals surface area contributed by atoms with Crippen molar-refractivity contribution in [1.29, 1.82) is 0 Å². The van der Waals surface area contributed by atoms with Crippen LogP contribution in [0.3, 0.4) is 0 Å². The van der Waals surface area contributed by atoms with Gasteiger partial charge in [-0.25, -0.2) is 17.2 Å². The van der Waals surface area contributed by atoms with E-state index in [1.165, 1.54) is 12.3 Å².